The van der Waals surface area contributed by atoms with Crippen LogP contribution in [0.2, 0.25) is 0 Å². The number of para-hydroxylation sites is 1. The first-order valence-corrected chi connectivity index (χ1v) is 6.63. The summed E-state index contributed by atoms with van der Waals surface area (Å²) in [5.74, 6) is 0.378. The maximum Gasteiger partial charge on any atom is 0.255 e. The van der Waals surface area contributed by atoms with Crippen molar-refractivity contribution in [3.05, 3.63) is 53.6 Å². The fraction of sp³-hybridized carbons (Fsp3) is 0.188. The zero-order chi connectivity index (χ0) is 15.2. The summed E-state index contributed by atoms with van der Waals surface area (Å²) in [6, 6.07) is 12.1. The van der Waals surface area contributed by atoms with E-state index in [1.165, 1.54) is 0 Å². The molecule has 0 radical (unpaired) electrons. The highest BCUT2D eigenvalue weighted by Gasteiger charge is 2.11. The Morgan fingerprint density at radius 3 is 2.67 bits per heavy atom. The highest BCUT2D eigenvalue weighted by molar-refractivity contribution is 5.97. The molecule has 0 saturated heterocycles. The van der Waals surface area contributed by atoms with Crippen molar-refractivity contribution in [2.45, 2.75) is 6.92 Å². The van der Waals surface area contributed by atoms with Crippen molar-refractivity contribution in [2.75, 3.05) is 18.9 Å². The van der Waals surface area contributed by atoms with E-state index in [-0.39, 0.29) is 17.2 Å². The van der Waals surface area contributed by atoms with Crippen molar-refractivity contribution in [3.63, 3.8) is 0 Å². The number of aryl methyl sites for hydroxylation is 1. The summed E-state index contributed by atoms with van der Waals surface area (Å²) in [6.45, 7) is 2.43. The van der Waals surface area contributed by atoms with E-state index in [1.54, 1.807) is 49.4 Å². The molecule has 2 aromatic rings. The van der Waals surface area contributed by atoms with E-state index in [4.69, 9.17) is 10.5 Å². The molecule has 110 valence electrons. The summed E-state index contributed by atoms with van der Waals surface area (Å²) in [5, 5.41) is 12.5. The number of amides is 1. The van der Waals surface area contributed by atoms with Crippen molar-refractivity contribution in [1.82, 2.24) is 5.32 Å². The second-order valence-electron chi connectivity index (χ2n) is 4.64. The number of phenolic OH excluding ortho intramolecular Hbond substituents is 1. The summed E-state index contributed by atoms with van der Waals surface area (Å²) < 4.78 is 5.47. The first-order valence-electron chi connectivity index (χ1n) is 6.63. The molecule has 0 fully saturated rings. The van der Waals surface area contributed by atoms with Crippen LogP contribution >= 0.6 is 0 Å². The van der Waals surface area contributed by atoms with Crippen molar-refractivity contribution in [1.29, 1.82) is 0 Å². The molecule has 0 saturated carbocycles. The van der Waals surface area contributed by atoms with Gasteiger partial charge in [0.1, 0.15) is 18.1 Å². The molecule has 0 unspecified atom stereocenters. The highest BCUT2D eigenvalue weighted by atomic mass is 16.5. The number of phenols is 1. The van der Waals surface area contributed by atoms with Gasteiger partial charge >= 0.3 is 0 Å². The number of nitrogens with one attached hydrogen (secondary N) is 1. The Kier molecular flexibility index (Phi) is 4.66. The lowest BCUT2D eigenvalue weighted by atomic mass is 10.1. The van der Waals surface area contributed by atoms with Crippen LogP contribution in [0, 0.1) is 6.92 Å². The number of carbonyl (C=O) groups is 1. The van der Waals surface area contributed by atoms with Gasteiger partial charge in [0.05, 0.1) is 12.1 Å². The number of ether oxygens (including phenoxy) is 1. The van der Waals surface area contributed by atoms with Crippen molar-refractivity contribution < 1.29 is 14.6 Å². The van der Waals surface area contributed by atoms with Crippen molar-refractivity contribution in [3.8, 4) is 11.5 Å². The molecule has 0 aliphatic rings. The van der Waals surface area contributed by atoms with Gasteiger partial charge in [-0.3, -0.25) is 4.79 Å². The number of rotatable bonds is 5. The van der Waals surface area contributed by atoms with Crippen LogP contribution in [-0.2, 0) is 0 Å². The molecule has 1 amide bonds. The van der Waals surface area contributed by atoms with Crippen LogP contribution in [0.25, 0.3) is 0 Å². The summed E-state index contributed by atoms with van der Waals surface area (Å²) in [4.78, 5) is 11.9. The Morgan fingerprint density at radius 2 is 1.95 bits per heavy atom. The van der Waals surface area contributed by atoms with Gasteiger partial charge in [-0.05, 0) is 42.8 Å². The van der Waals surface area contributed by atoms with Gasteiger partial charge in [0.25, 0.3) is 5.91 Å². The minimum atomic E-state index is -0.322. The number of anilines is 1. The number of benzene rings is 2. The van der Waals surface area contributed by atoms with Gasteiger partial charge in [-0.25, -0.2) is 0 Å². The van der Waals surface area contributed by atoms with Crippen LogP contribution in [0.5, 0.6) is 11.5 Å². The molecule has 2 rings (SSSR count). The number of nitrogen functional groups attached to an aromatic ring is 1. The third-order valence-electron chi connectivity index (χ3n) is 3.02. The van der Waals surface area contributed by atoms with Crippen molar-refractivity contribution in [2.24, 2.45) is 0 Å². The molecule has 0 aromatic heterocycles. The van der Waals surface area contributed by atoms with Gasteiger partial charge in [-0.1, -0.05) is 12.1 Å². The van der Waals surface area contributed by atoms with Gasteiger partial charge in [0, 0.05) is 5.69 Å². The average molecular weight is 286 g/mol. The van der Waals surface area contributed by atoms with Crippen LogP contribution in [-0.4, -0.2) is 24.2 Å². The van der Waals surface area contributed by atoms with Gasteiger partial charge in [0.2, 0.25) is 0 Å². The van der Waals surface area contributed by atoms with Crippen LogP contribution < -0.4 is 15.8 Å². The molecular formula is C16H18N2O3. The van der Waals surface area contributed by atoms with E-state index in [0.717, 1.165) is 0 Å². The molecule has 0 aliphatic heterocycles. The van der Waals surface area contributed by atoms with E-state index in [9.17, 15) is 9.90 Å². The number of aromatic hydroxyl groups is 1. The largest absolute Gasteiger partial charge is 0.507 e. The molecule has 0 heterocycles. The molecule has 5 heteroatoms. The monoisotopic (exact) mass is 286 g/mol. The molecule has 0 atom stereocenters. The maximum atomic E-state index is 11.9. The lowest BCUT2D eigenvalue weighted by Gasteiger charge is -2.09. The smallest absolute Gasteiger partial charge is 0.255 e. The zero-order valence-corrected chi connectivity index (χ0v) is 11.8. The maximum absolute atomic E-state index is 11.9. The molecule has 0 aliphatic carbocycles. The molecule has 0 bridgehead atoms. The molecular weight excluding hydrogens is 268 g/mol. The Morgan fingerprint density at radius 1 is 1.24 bits per heavy atom. The highest BCUT2D eigenvalue weighted by Crippen LogP contribution is 2.21. The Labute approximate surface area is 123 Å². The molecule has 5 nitrogen and oxygen atoms in total. The lowest BCUT2D eigenvalue weighted by molar-refractivity contribution is 0.0944. The lowest BCUT2D eigenvalue weighted by Crippen LogP contribution is -2.28. The fourth-order valence-electron chi connectivity index (χ4n) is 1.83. The normalized spacial score (nSPS) is 10.1. The minimum absolute atomic E-state index is 0.00875. The quantitative estimate of drug-likeness (QED) is 0.580. The van der Waals surface area contributed by atoms with Gasteiger partial charge in [0.15, 0.2) is 0 Å². The predicted molar refractivity (Wildman–Crippen MR) is 81.5 cm³/mol. The number of hydrogen-bond donors (Lipinski definition) is 3. The van der Waals surface area contributed by atoms with E-state index in [1.807, 2.05) is 0 Å². The van der Waals surface area contributed by atoms with Gasteiger partial charge < -0.3 is 20.9 Å². The van der Waals surface area contributed by atoms with Crippen molar-refractivity contribution >= 4 is 11.6 Å². The summed E-state index contributed by atoms with van der Waals surface area (Å²) in [7, 11) is 0. The van der Waals surface area contributed by atoms with E-state index in [2.05, 4.69) is 5.32 Å². The summed E-state index contributed by atoms with van der Waals surface area (Å²) in [5.41, 5.74) is 7.18. The minimum Gasteiger partial charge on any atom is -0.507 e. The Balaban J connectivity index is 1.82. The third kappa shape index (κ3) is 3.89. The van der Waals surface area contributed by atoms with Crippen LogP contribution in [0.3, 0.4) is 0 Å². The SMILES string of the molecule is Cc1cccc(C(=O)NCCOc2ccc(N)cc2)c1O. The Bertz CT molecular complexity index is 624. The van der Waals surface area contributed by atoms with E-state index < -0.39 is 0 Å². The first-order chi connectivity index (χ1) is 10.1. The number of nitrogens with two attached hydrogens (primary N) is 1. The van der Waals surface area contributed by atoms with Gasteiger partial charge in [-0.2, -0.15) is 0 Å². The number of carbonyl (C=O) groups excluding carboxylic acids is 1. The summed E-state index contributed by atoms with van der Waals surface area (Å²) in [6.07, 6.45) is 0. The molecule has 21 heavy (non-hydrogen) atoms. The molecule has 4 N–H and O–H groups in total. The van der Waals surface area contributed by atoms with E-state index in [0.29, 0.717) is 30.2 Å². The van der Waals surface area contributed by atoms with Crippen LogP contribution in [0.4, 0.5) is 5.69 Å². The van der Waals surface area contributed by atoms with Gasteiger partial charge in [-0.15, -0.1) is 0 Å². The van der Waals surface area contributed by atoms with E-state index >= 15 is 0 Å². The Hall–Kier alpha value is -2.69. The third-order valence-corrected chi connectivity index (χ3v) is 3.02. The van der Waals surface area contributed by atoms with Crippen LogP contribution in [0.1, 0.15) is 15.9 Å². The first kappa shape index (κ1) is 14.7. The second-order valence-corrected chi connectivity index (χ2v) is 4.64. The number of hydrogen-bond acceptors (Lipinski definition) is 4. The molecule has 2 aromatic carbocycles. The average Bonchev–Trinajstić information content (AvgIpc) is 2.48. The second kappa shape index (κ2) is 6.65. The standard InChI is InChI=1S/C16H18N2O3/c1-11-3-2-4-14(15(11)19)16(20)18-9-10-21-13-7-5-12(17)6-8-13/h2-8,19H,9-10,17H2,1H3,(H,18,20). The predicted octanol–water partition coefficient (Wildman–Crippen LogP) is 2.09. The van der Waals surface area contributed by atoms with Crippen LogP contribution in [0.15, 0.2) is 42.5 Å². The fourth-order valence-corrected chi connectivity index (χ4v) is 1.83. The summed E-state index contributed by atoms with van der Waals surface area (Å²) >= 11 is 0. The molecule has 0 spiro atoms. The zero-order valence-electron chi connectivity index (χ0n) is 11.8. The topological polar surface area (TPSA) is 84.6 Å².